The predicted octanol–water partition coefficient (Wildman–Crippen LogP) is 0.00620. The number of methoxy groups -OCH3 is 1. The van der Waals surface area contributed by atoms with Crippen LogP contribution in [0.1, 0.15) is 0 Å². The number of benzene rings is 1. The zero-order valence-corrected chi connectivity index (χ0v) is 12.1. The van der Waals surface area contributed by atoms with Gasteiger partial charge in [0.25, 0.3) is 0 Å². The number of nitrogens with one attached hydrogen (secondary N) is 1. The third kappa shape index (κ3) is 4.46. The van der Waals surface area contributed by atoms with Crippen LogP contribution in [0, 0.1) is 0 Å². The highest BCUT2D eigenvalue weighted by Gasteiger charge is 2.12. The summed E-state index contributed by atoms with van der Waals surface area (Å²) in [6.45, 7) is 2.53. The molecule has 0 spiro atoms. The van der Waals surface area contributed by atoms with Gasteiger partial charge in [-0.25, -0.2) is 13.1 Å². The average Bonchev–Trinajstić information content (AvgIpc) is 2.43. The molecule has 0 saturated heterocycles. The Bertz CT molecular complexity index is 473. The Morgan fingerprint density at radius 1 is 1.26 bits per heavy atom. The lowest BCUT2D eigenvalue weighted by Crippen LogP contribution is -2.32. The third-order valence-corrected chi connectivity index (χ3v) is 4.18. The Labute approximate surface area is 114 Å². The molecule has 19 heavy (non-hydrogen) atoms. The van der Waals surface area contributed by atoms with Crippen LogP contribution in [0.15, 0.2) is 29.2 Å². The third-order valence-electron chi connectivity index (χ3n) is 2.75. The second-order valence-electron chi connectivity index (χ2n) is 3.97. The highest BCUT2D eigenvalue weighted by Crippen LogP contribution is 2.17. The van der Waals surface area contributed by atoms with Crippen molar-refractivity contribution in [2.75, 3.05) is 45.3 Å². The molecule has 0 aliphatic heterocycles. The lowest BCUT2D eigenvalue weighted by molar-refractivity contribution is 0.205. The fourth-order valence-electron chi connectivity index (χ4n) is 1.68. The summed E-state index contributed by atoms with van der Waals surface area (Å²) in [5, 5.41) is 0. The van der Waals surface area contributed by atoms with E-state index in [9.17, 15) is 8.42 Å². The molecule has 0 heterocycles. The molecule has 0 radical (unpaired) electrons. The molecular formula is C12H21N3O3S. The van der Waals surface area contributed by atoms with E-state index in [0.29, 0.717) is 26.2 Å². The molecule has 1 aromatic rings. The molecule has 0 aromatic heterocycles. The van der Waals surface area contributed by atoms with Gasteiger partial charge in [0.15, 0.2) is 0 Å². The summed E-state index contributed by atoms with van der Waals surface area (Å²) < 4.78 is 30.6. The number of hydrogen-bond donors (Lipinski definition) is 2. The monoisotopic (exact) mass is 287 g/mol. The standard InChI is InChI=1S/C12H21N3O3S/c1-14-19(16,17)12-5-3-11(4-6-12)15(8-7-13)9-10-18-2/h3-6,14H,7-10,13H2,1-2H3. The molecule has 0 fully saturated rings. The van der Waals surface area contributed by atoms with Gasteiger partial charge in [-0.15, -0.1) is 0 Å². The molecule has 1 aromatic carbocycles. The molecule has 108 valence electrons. The number of hydrogen-bond acceptors (Lipinski definition) is 5. The fourth-order valence-corrected chi connectivity index (χ4v) is 2.41. The summed E-state index contributed by atoms with van der Waals surface area (Å²) in [5.41, 5.74) is 6.50. The number of sulfonamides is 1. The van der Waals surface area contributed by atoms with Gasteiger partial charge in [-0.05, 0) is 31.3 Å². The largest absolute Gasteiger partial charge is 0.383 e. The first-order valence-electron chi connectivity index (χ1n) is 6.02. The van der Waals surface area contributed by atoms with E-state index in [0.717, 1.165) is 5.69 Å². The Morgan fingerprint density at radius 3 is 2.37 bits per heavy atom. The molecule has 0 unspecified atom stereocenters. The van der Waals surface area contributed by atoms with Crippen LogP contribution >= 0.6 is 0 Å². The van der Waals surface area contributed by atoms with E-state index in [4.69, 9.17) is 10.5 Å². The number of anilines is 1. The Morgan fingerprint density at radius 2 is 1.89 bits per heavy atom. The maximum atomic E-state index is 11.6. The van der Waals surface area contributed by atoms with Crippen LogP contribution in [0.4, 0.5) is 5.69 Å². The first kappa shape index (κ1) is 15.9. The van der Waals surface area contributed by atoms with Crippen molar-refractivity contribution in [2.45, 2.75) is 4.90 Å². The van der Waals surface area contributed by atoms with Gasteiger partial charge >= 0.3 is 0 Å². The lowest BCUT2D eigenvalue weighted by atomic mass is 10.3. The number of ether oxygens (including phenoxy) is 1. The van der Waals surface area contributed by atoms with Crippen molar-refractivity contribution in [1.29, 1.82) is 0 Å². The van der Waals surface area contributed by atoms with Crippen LogP contribution in [0.5, 0.6) is 0 Å². The molecule has 0 aliphatic rings. The van der Waals surface area contributed by atoms with E-state index in [1.165, 1.54) is 7.05 Å². The van der Waals surface area contributed by atoms with Crippen LogP contribution in [0.3, 0.4) is 0 Å². The van der Waals surface area contributed by atoms with Crippen molar-refractivity contribution >= 4 is 15.7 Å². The molecule has 0 aliphatic carbocycles. The first-order valence-corrected chi connectivity index (χ1v) is 7.51. The smallest absolute Gasteiger partial charge is 0.240 e. The van der Waals surface area contributed by atoms with Crippen molar-refractivity contribution in [2.24, 2.45) is 5.73 Å². The molecule has 0 atom stereocenters. The van der Waals surface area contributed by atoms with Crippen molar-refractivity contribution in [3.8, 4) is 0 Å². The zero-order valence-electron chi connectivity index (χ0n) is 11.3. The average molecular weight is 287 g/mol. The maximum Gasteiger partial charge on any atom is 0.240 e. The van der Waals surface area contributed by atoms with E-state index < -0.39 is 10.0 Å². The van der Waals surface area contributed by atoms with Crippen LogP contribution in [-0.2, 0) is 14.8 Å². The summed E-state index contributed by atoms with van der Waals surface area (Å²) in [6.07, 6.45) is 0. The van der Waals surface area contributed by atoms with Gasteiger partial charge in [0.1, 0.15) is 0 Å². The normalized spacial score (nSPS) is 11.5. The Kier molecular flexibility index (Phi) is 6.23. The predicted molar refractivity (Wildman–Crippen MR) is 75.8 cm³/mol. The summed E-state index contributed by atoms with van der Waals surface area (Å²) in [7, 11) is -0.354. The molecule has 1 rings (SSSR count). The van der Waals surface area contributed by atoms with Gasteiger partial charge in [0, 0.05) is 32.4 Å². The summed E-state index contributed by atoms with van der Waals surface area (Å²) in [5.74, 6) is 0. The summed E-state index contributed by atoms with van der Waals surface area (Å²) >= 11 is 0. The quantitative estimate of drug-likeness (QED) is 0.703. The summed E-state index contributed by atoms with van der Waals surface area (Å²) in [6, 6.07) is 6.71. The molecule has 0 bridgehead atoms. The van der Waals surface area contributed by atoms with Gasteiger partial charge < -0.3 is 15.4 Å². The van der Waals surface area contributed by atoms with Crippen molar-refractivity contribution in [3.05, 3.63) is 24.3 Å². The highest BCUT2D eigenvalue weighted by atomic mass is 32.2. The Balaban J connectivity index is 2.88. The second kappa shape index (κ2) is 7.44. The SMILES string of the molecule is CNS(=O)(=O)c1ccc(N(CCN)CCOC)cc1. The van der Waals surface area contributed by atoms with E-state index in [-0.39, 0.29) is 4.90 Å². The Hall–Kier alpha value is -1.15. The first-order chi connectivity index (χ1) is 9.05. The number of nitrogens with two attached hydrogens (primary N) is 1. The molecule has 3 N–H and O–H groups in total. The minimum Gasteiger partial charge on any atom is -0.383 e. The molecule has 6 nitrogen and oxygen atoms in total. The van der Waals surface area contributed by atoms with Crippen LogP contribution in [0.2, 0.25) is 0 Å². The van der Waals surface area contributed by atoms with Crippen LogP contribution in [-0.4, -0.2) is 48.8 Å². The summed E-state index contributed by atoms with van der Waals surface area (Å²) in [4.78, 5) is 2.30. The number of nitrogens with zero attached hydrogens (tertiary/aromatic N) is 1. The second-order valence-corrected chi connectivity index (χ2v) is 5.86. The van der Waals surface area contributed by atoms with Gasteiger partial charge in [-0.3, -0.25) is 0 Å². The zero-order chi connectivity index (χ0) is 14.3. The van der Waals surface area contributed by atoms with Gasteiger partial charge in [0.05, 0.1) is 11.5 Å². The minimum absolute atomic E-state index is 0.248. The van der Waals surface area contributed by atoms with Gasteiger partial charge in [0.2, 0.25) is 10.0 Å². The molecule has 0 amide bonds. The molecule has 7 heteroatoms. The topological polar surface area (TPSA) is 84.7 Å². The fraction of sp³-hybridized carbons (Fsp3) is 0.500. The van der Waals surface area contributed by atoms with Gasteiger partial charge in [-0.1, -0.05) is 0 Å². The minimum atomic E-state index is -3.39. The van der Waals surface area contributed by atoms with E-state index >= 15 is 0 Å². The van der Waals surface area contributed by atoms with Crippen molar-refractivity contribution < 1.29 is 13.2 Å². The van der Waals surface area contributed by atoms with Gasteiger partial charge in [-0.2, -0.15) is 0 Å². The van der Waals surface area contributed by atoms with Crippen molar-refractivity contribution in [3.63, 3.8) is 0 Å². The lowest BCUT2D eigenvalue weighted by Gasteiger charge is -2.24. The van der Waals surface area contributed by atoms with E-state index in [1.54, 1.807) is 31.4 Å². The highest BCUT2D eigenvalue weighted by molar-refractivity contribution is 7.89. The number of rotatable bonds is 8. The van der Waals surface area contributed by atoms with Crippen LogP contribution < -0.4 is 15.4 Å². The van der Waals surface area contributed by atoms with E-state index in [2.05, 4.69) is 9.62 Å². The van der Waals surface area contributed by atoms with Crippen molar-refractivity contribution in [1.82, 2.24) is 4.72 Å². The maximum absolute atomic E-state index is 11.6. The van der Waals surface area contributed by atoms with Crippen LogP contribution in [0.25, 0.3) is 0 Å². The molecule has 0 saturated carbocycles. The molecular weight excluding hydrogens is 266 g/mol. The van der Waals surface area contributed by atoms with E-state index in [1.807, 2.05) is 0 Å².